The first kappa shape index (κ1) is 16.0. The highest BCUT2D eigenvalue weighted by atomic mass is 32.2. The minimum atomic E-state index is -3.20. The zero-order valence-corrected chi connectivity index (χ0v) is 12.9. The molecule has 0 amide bonds. The van der Waals surface area contributed by atoms with Crippen molar-refractivity contribution < 1.29 is 13.2 Å². The Balaban J connectivity index is 2.71. The molecule has 0 aliphatic rings. The molecule has 1 rings (SSSR count). The SMILES string of the molecule is CNCCS(=O)(=O)c1ccc(OCC(C)(C)C)cc1. The molecule has 0 aromatic heterocycles. The van der Waals surface area contributed by atoms with Crippen LogP contribution in [-0.2, 0) is 9.84 Å². The predicted octanol–water partition coefficient (Wildman–Crippen LogP) is 2.10. The Morgan fingerprint density at radius 2 is 1.74 bits per heavy atom. The van der Waals surface area contributed by atoms with Crippen molar-refractivity contribution in [2.45, 2.75) is 25.7 Å². The number of sulfone groups is 1. The summed E-state index contributed by atoms with van der Waals surface area (Å²) in [5.74, 6) is 0.800. The second-order valence-corrected chi connectivity index (χ2v) is 7.85. The van der Waals surface area contributed by atoms with Crippen molar-refractivity contribution in [1.82, 2.24) is 5.32 Å². The molecule has 0 atom stereocenters. The fourth-order valence-corrected chi connectivity index (χ4v) is 2.66. The van der Waals surface area contributed by atoms with E-state index in [0.717, 1.165) is 0 Å². The largest absolute Gasteiger partial charge is 0.493 e. The van der Waals surface area contributed by atoms with Gasteiger partial charge in [0.2, 0.25) is 0 Å². The molecule has 4 nitrogen and oxygen atoms in total. The predicted molar refractivity (Wildman–Crippen MR) is 77.4 cm³/mol. The molecule has 1 N–H and O–H groups in total. The average Bonchev–Trinajstić information content (AvgIpc) is 2.34. The maximum atomic E-state index is 11.9. The molecule has 0 aliphatic heterocycles. The van der Waals surface area contributed by atoms with Crippen LogP contribution in [0.2, 0.25) is 0 Å². The van der Waals surface area contributed by atoms with Crippen LogP contribution >= 0.6 is 0 Å². The van der Waals surface area contributed by atoms with Crippen LogP contribution in [0.1, 0.15) is 20.8 Å². The molecule has 0 heterocycles. The van der Waals surface area contributed by atoms with Gasteiger partial charge in [0, 0.05) is 6.54 Å². The van der Waals surface area contributed by atoms with Crippen LogP contribution in [0.5, 0.6) is 5.75 Å². The maximum Gasteiger partial charge on any atom is 0.179 e. The minimum absolute atomic E-state index is 0.0809. The number of ether oxygens (including phenoxy) is 1. The summed E-state index contributed by atoms with van der Waals surface area (Å²) in [7, 11) is -1.47. The van der Waals surface area contributed by atoms with Gasteiger partial charge in [-0.05, 0) is 36.7 Å². The van der Waals surface area contributed by atoms with Crippen molar-refractivity contribution in [1.29, 1.82) is 0 Å². The van der Waals surface area contributed by atoms with E-state index in [0.29, 0.717) is 23.8 Å². The Labute approximate surface area is 116 Å². The van der Waals surface area contributed by atoms with Crippen molar-refractivity contribution in [3.05, 3.63) is 24.3 Å². The first-order valence-corrected chi connectivity index (χ1v) is 8.00. The molecule has 108 valence electrons. The molecule has 0 radical (unpaired) electrons. The third kappa shape index (κ3) is 5.61. The summed E-state index contributed by atoms with van der Waals surface area (Å²) in [4.78, 5) is 0.339. The molecule has 0 bridgehead atoms. The van der Waals surface area contributed by atoms with Gasteiger partial charge < -0.3 is 10.1 Å². The van der Waals surface area contributed by atoms with Gasteiger partial charge in [-0.25, -0.2) is 8.42 Å². The monoisotopic (exact) mass is 285 g/mol. The van der Waals surface area contributed by atoms with Crippen molar-refractivity contribution in [3.8, 4) is 5.75 Å². The second kappa shape index (κ2) is 6.39. The van der Waals surface area contributed by atoms with E-state index in [2.05, 4.69) is 26.1 Å². The molecule has 1 aromatic rings. The fraction of sp³-hybridized carbons (Fsp3) is 0.571. The fourth-order valence-electron chi connectivity index (χ4n) is 1.40. The van der Waals surface area contributed by atoms with Gasteiger partial charge in [-0.1, -0.05) is 20.8 Å². The molecular weight excluding hydrogens is 262 g/mol. The zero-order chi connectivity index (χ0) is 14.5. The Morgan fingerprint density at radius 3 is 2.21 bits per heavy atom. The van der Waals surface area contributed by atoms with E-state index in [-0.39, 0.29) is 11.2 Å². The number of benzene rings is 1. The summed E-state index contributed by atoms with van der Waals surface area (Å²) in [5, 5.41) is 2.84. The lowest BCUT2D eigenvalue weighted by Gasteiger charge is -2.18. The van der Waals surface area contributed by atoms with E-state index in [4.69, 9.17) is 4.74 Å². The quantitative estimate of drug-likeness (QED) is 0.869. The van der Waals surface area contributed by atoms with E-state index in [1.807, 2.05) is 0 Å². The van der Waals surface area contributed by atoms with Gasteiger partial charge in [0.15, 0.2) is 9.84 Å². The third-order valence-corrected chi connectivity index (χ3v) is 4.21. The molecule has 0 aliphatic carbocycles. The molecule has 5 heteroatoms. The van der Waals surface area contributed by atoms with Crippen molar-refractivity contribution >= 4 is 9.84 Å². The van der Waals surface area contributed by atoms with Gasteiger partial charge in [-0.2, -0.15) is 0 Å². The second-order valence-electron chi connectivity index (χ2n) is 5.74. The van der Waals surface area contributed by atoms with Crippen LogP contribution in [-0.4, -0.2) is 34.4 Å². The number of rotatable bonds is 6. The Bertz CT molecular complexity index is 486. The van der Waals surface area contributed by atoms with Crippen molar-refractivity contribution in [2.24, 2.45) is 5.41 Å². The summed E-state index contributed by atoms with van der Waals surface area (Å²) in [6, 6.07) is 6.61. The summed E-state index contributed by atoms with van der Waals surface area (Å²) in [6.07, 6.45) is 0. The van der Waals surface area contributed by atoms with Gasteiger partial charge in [0.1, 0.15) is 5.75 Å². The highest BCUT2D eigenvalue weighted by Crippen LogP contribution is 2.20. The summed E-state index contributed by atoms with van der Waals surface area (Å²) < 4.78 is 29.5. The van der Waals surface area contributed by atoms with Crippen LogP contribution in [0.3, 0.4) is 0 Å². The Kier molecular flexibility index (Phi) is 5.38. The molecule has 0 saturated heterocycles. The zero-order valence-electron chi connectivity index (χ0n) is 12.1. The smallest absolute Gasteiger partial charge is 0.179 e. The highest BCUT2D eigenvalue weighted by Gasteiger charge is 2.14. The first-order chi connectivity index (χ1) is 8.74. The maximum absolute atomic E-state index is 11.9. The Morgan fingerprint density at radius 1 is 1.16 bits per heavy atom. The highest BCUT2D eigenvalue weighted by molar-refractivity contribution is 7.91. The summed E-state index contributed by atoms with van der Waals surface area (Å²) >= 11 is 0. The molecule has 0 spiro atoms. The molecular formula is C14H23NO3S. The van der Waals surface area contributed by atoms with Crippen molar-refractivity contribution in [2.75, 3.05) is 26.0 Å². The molecule has 1 aromatic carbocycles. The van der Waals surface area contributed by atoms with Gasteiger partial charge in [0.05, 0.1) is 17.3 Å². The third-order valence-electron chi connectivity index (χ3n) is 2.48. The van der Waals surface area contributed by atoms with Gasteiger partial charge >= 0.3 is 0 Å². The van der Waals surface area contributed by atoms with Crippen LogP contribution in [0.25, 0.3) is 0 Å². The normalized spacial score (nSPS) is 12.4. The van der Waals surface area contributed by atoms with E-state index >= 15 is 0 Å². The van der Waals surface area contributed by atoms with Gasteiger partial charge in [-0.3, -0.25) is 0 Å². The number of hydrogen-bond acceptors (Lipinski definition) is 4. The van der Waals surface area contributed by atoms with E-state index in [1.54, 1.807) is 31.3 Å². The molecule has 0 saturated carbocycles. The lowest BCUT2D eigenvalue weighted by molar-refractivity contribution is 0.198. The van der Waals surface area contributed by atoms with Crippen LogP contribution in [0.4, 0.5) is 0 Å². The van der Waals surface area contributed by atoms with Crippen LogP contribution in [0, 0.1) is 5.41 Å². The summed E-state index contributed by atoms with van der Waals surface area (Å²) in [6.45, 7) is 7.31. The molecule has 0 fully saturated rings. The van der Waals surface area contributed by atoms with Gasteiger partial charge in [-0.15, -0.1) is 0 Å². The van der Waals surface area contributed by atoms with Gasteiger partial charge in [0.25, 0.3) is 0 Å². The topological polar surface area (TPSA) is 55.4 Å². The molecule has 19 heavy (non-hydrogen) atoms. The lowest BCUT2D eigenvalue weighted by Crippen LogP contribution is -2.19. The average molecular weight is 285 g/mol. The minimum Gasteiger partial charge on any atom is -0.493 e. The van der Waals surface area contributed by atoms with Crippen LogP contribution < -0.4 is 10.1 Å². The summed E-state index contributed by atoms with van der Waals surface area (Å²) in [5.41, 5.74) is 0.0809. The van der Waals surface area contributed by atoms with Crippen LogP contribution in [0.15, 0.2) is 29.2 Å². The Hall–Kier alpha value is -1.07. The van der Waals surface area contributed by atoms with E-state index in [1.165, 1.54) is 0 Å². The first-order valence-electron chi connectivity index (χ1n) is 6.35. The van der Waals surface area contributed by atoms with E-state index < -0.39 is 9.84 Å². The van der Waals surface area contributed by atoms with Crippen molar-refractivity contribution in [3.63, 3.8) is 0 Å². The lowest BCUT2D eigenvalue weighted by atomic mass is 9.99. The number of nitrogens with one attached hydrogen (secondary N) is 1. The van der Waals surface area contributed by atoms with E-state index in [9.17, 15) is 8.42 Å². The standard InChI is InChI=1S/C14H23NO3S/c1-14(2,3)11-18-12-5-7-13(8-6-12)19(16,17)10-9-15-4/h5-8,15H,9-11H2,1-4H3. The number of hydrogen-bond donors (Lipinski definition) is 1. The molecule has 0 unspecified atom stereocenters.